The molecule has 1 heterocycles. The number of carboxylic acids is 1. The van der Waals surface area contributed by atoms with Gasteiger partial charge in [0.15, 0.2) is 0 Å². The highest BCUT2D eigenvalue weighted by atomic mass is 16.4. The fourth-order valence-electron chi connectivity index (χ4n) is 4.55. The Labute approximate surface area is 200 Å². The zero-order chi connectivity index (χ0) is 23.9. The molecule has 0 saturated heterocycles. The summed E-state index contributed by atoms with van der Waals surface area (Å²) in [6.07, 6.45) is 6.90. The van der Waals surface area contributed by atoms with Crippen LogP contribution in [0.5, 0.6) is 0 Å². The lowest BCUT2D eigenvalue weighted by molar-refractivity contribution is 0.0697. The lowest BCUT2D eigenvalue weighted by Gasteiger charge is -2.19. The second-order valence-electron chi connectivity index (χ2n) is 8.79. The van der Waals surface area contributed by atoms with Crippen molar-refractivity contribution in [2.45, 2.75) is 58.4 Å². The second kappa shape index (κ2) is 10.9. The molecule has 1 saturated carbocycles. The molecule has 0 atom stereocenters. The monoisotopic (exact) mass is 455 g/mol. The van der Waals surface area contributed by atoms with Crippen LogP contribution in [0.25, 0.3) is 11.1 Å². The first kappa shape index (κ1) is 23.4. The Balaban J connectivity index is 1.53. The van der Waals surface area contributed by atoms with Crippen LogP contribution in [0, 0.1) is 17.8 Å². The number of nitrogens with zero attached hydrogens (tertiary/aromatic N) is 3. The van der Waals surface area contributed by atoms with E-state index in [4.69, 9.17) is 0 Å². The minimum atomic E-state index is -0.949. The number of aromatic carboxylic acids is 1. The molecule has 3 aromatic rings. The Kier molecular flexibility index (Phi) is 7.54. The van der Waals surface area contributed by atoms with Crippen LogP contribution in [0.1, 0.15) is 77.8 Å². The molecule has 0 amide bonds. The van der Waals surface area contributed by atoms with Crippen LogP contribution in [0.15, 0.2) is 48.5 Å². The van der Waals surface area contributed by atoms with Crippen LogP contribution < -0.4 is 0 Å². The fourth-order valence-corrected chi connectivity index (χ4v) is 4.55. The highest BCUT2D eigenvalue weighted by Gasteiger charge is 2.22. The molecule has 1 aromatic heterocycles. The predicted octanol–water partition coefficient (Wildman–Crippen LogP) is 5.41. The van der Waals surface area contributed by atoms with Gasteiger partial charge < -0.3 is 5.11 Å². The molecule has 34 heavy (non-hydrogen) atoms. The summed E-state index contributed by atoms with van der Waals surface area (Å²) in [6, 6.07) is 14.7. The van der Waals surface area contributed by atoms with E-state index < -0.39 is 5.97 Å². The topological polar surface area (TPSA) is 85.1 Å². The largest absolute Gasteiger partial charge is 0.478 e. The van der Waals surface area contributed by atoms with E-state index in [-0.39, 0.29) is 17.2 Å². The molecule has 0 bridgehead atoms. The van der Waals surface area contributed by atoms with Crippen molar-refractivity contribution in [3.05, 3.63) is 71.3 Å². The van der Waals surface area contributed by atoms with E-state index in [0.29, 0.717) is 36.7 Å². The Hall–Kier alpha value is -3.72. The first-order chi connectivity index (χ1) is 16.5. The molecule has 6 heteroatoms. The fraction of sp³-hybridized carbons (Fsp3) is 0.357. The van der Waals surface area contributed by atoms with E-state index in [1.54, 1.807) is 23.7 Å². The van der Waals surface area contributed by atoms with Crippen molar-refractivity contribution in [1.82, 2.24) is 14.8 Å². The molecule has 1 N–H and O–H groups in total. The Morgan fingerprint density at radius 2 is 1.79 bits per heavy atom. The van der Waals surface area contributed by atoms with Gasteiger partial charge in [0.25, 0.3) is 0 Å². The summed E-state index contributed by atoms with van der Waals surface area (Å²) < 4.78 is 1.72. The zero-order valence-electron chi connectivity index (χ0n) is 19.5. The van der Waals surface area contributed by atoms with Crippen molar-refractivity contribution in [3.8, 4) is 23.0 Å². The highest BCUT2D eigenvalue weighted by Crippen LogP contribution is 2.27. The molecule has 6 nitrogen and oxygen atoms in total. The summed E-state index contributed by atoms with van der Waals surface area (Å²) in [5.41, 5.74) is 2.79. The second-order valence-corrected chi connectivity index (χ2v) is 8.79. The van der Waals surface area contributed by atoms with E-state index in [0.717, 1.165) is 24.0 Å². The van der Waals surface area contributed by atoms with Crippen molar-refractivity contribution < 1.29 is 14.7 Å². The predicted molar refractivity (Wildman–Crippen MR) is 131 cm³/mol. The third kappa shape index (κ3) is 5.60. The molecule has 0 unspecified atom stereocenters. The number of hydrogen-bond acceptors (Lipinski definition) is 4. The number of carbonyl (C=O) groups excluding carboxylic acids is 1. The first-order valence-corrected chi connectivity index (χ1v) is 11.8. The molecule has 0 aliphatic heterocycles. The van der Waals surface area contributed by atoms with Crippen molar-refractivity contribution in [2.75, 3.05) is 0 Å². The minimum Gasteiger partial charge on any atom is -0.478 e. The smallest absolute Gasteiger partial charge is 0.336 e. The van der Waals surface area contributed by atoms with Crippen LogP contribution >= 0.6 is 0 Å². The maximum absolute atomic E-state index is 12.9. The molecule has 0 radical (unpaired) electrons. The summed E-state index contributed by atoms with van der Waals surface area (Å²) in [5.74, 6) is 6.38. The molecule has 1 fully saturated rings. The standard InChI is InChI=1S/C28H29N3O3/c1-2-3-17-31-26(29-27(30-31)25(32)18-20-9-5-4-6-10-20)19-21-13-15-22(16-14-21)23-11-7-8-12-24(23)28(33)34/h7-8,11-16,20H,4-6,9-10,17-19H2,1H3,(H,33,34). The van der Waals surface area contributed by atoms with Crippen molar-refractivity contribution in [2.24, 2.45) is 5.92 Å². The lowest BCUT2D eigenvalue weighted by Crippen LogP contribution is -2.13. The molecular formula is C28H29N3O3. The SMILES string of the molecule is CC#CCn1nc(C(=O)CC2CCCCC2)nc1Cc1ccc(-c2ccccc2C(=O)O)cc1. The normalized spacial score (nSPS) is 13.8. The van der Waals surface area contributed by atoms with Gasteiger partial charge in [0, 0.05) is 12.8 Å². The minimum absolute atomic E-state index is 0.0111. The average Bonchev–Trinajstić information content (AvgIpc) is 3.26. The molecule has 174 valence electrons. The van der Waals surface area contributed by atoms with E-state index in [2.05, 4.69) is 21.9 Å². The van der Waals surface area contributed by atoms with Crippen LogP contribution in [-0.4, -0.2) is 31.6 Å². The average molecular weight is 456 g/mol. The van der Waals surface area contributed by atoms with Gasteiger partial charge in [-0.2, -0.15) is 0 Å². The van der Waals surface area contributed by atoms with E-state index >= 15 is 0 Å². The molecule has 1 aliphatic rings. The number of ketones is 1. The first-order valence-electron chi connectivity index (χ1n) is 11.8. The maximum atomic E-state index is 12.9. The van der Waals surface area contributed by atoms with Crippen LogP contribution in [-0.2, 0) is 13.0 Å². The third-order valence-corrected chi connectivity index (χ3v) is 6.39. The number of hydrogen-bond donors (Lipinski definition) is 1. The third-order valence-electron chi connectivity index (χ3n) is 6.39. The van der Waals surface area contributed by atoms with Crippen molar-refractivity contribution >= 4 is 11.8 Å². The van der Waals surface area contributed by atoms with Gasteiger partial charge in [0.1, 0.15) is 12.4 Å². The van der Waals surface area contributed by atoms with E-state index in [1.165, 1.54) is 19.3 Å². The zero-order valence-corrected chi connectivity index (χ0v) is 19.5. The summed E-state index contributed by atoms with van der Waals surface area (Å²) in [6.45, 7) is 2.17. The van der Waals surface area contributed by atoms with Crippen LogP contribution in [0.3, 0.4) is 0 Å². The van der Waals surface area contributed by atoms with Gasteiger partial charge >= 0.3 is 5.97 Å². The molecular weight excluding hydrogens is 426 g/mol. The quantitative estimate of drug-likeness (QED) is 0.363. The van der Waals surface area contributed by atoms with Gasteiger partial charge in [-0.15, -0.1) is 11.0 Å². The summed E-state index contributed by atoms with van der Waals surface area (Å²) in [5, 5.41) is 14.0. The Morgan fingerprint density at radius 3 is 2.50 bits per heavy atom. The van der Waals surface area contributed by atoms with Gasteiger partial charge in [-0.25, -0.2) is 14.5 Å². The van der Waals surface area contributed by atoms with Gasteiger partial charge in [0.05, 0.1) is 5.56 Å². The van der Waals surface area contributed by atoms with E-state index in [9.17, 15) is 14.7 Å². The number of carbonyl (C=O) groups is 2. The molecule has 1 aliphatic carbocycles. The maximum Gasteiger partial charge on any atom is 0.336 e. The van der Waals surface area contributed by atoms with Gasteiger partial charge in [-0.1, -0.05) is 80.5 Å². The number of rotatable bonds is 8. The highest BCUT2D eigenvalue weighted by molar-refractivity contribution is 5.96. The van der Waals surface area contributed by atoms with Crippen LogP contribution in [0.2, 0.25) is 0 Å². The van der Waals surface area contributed by atoms with E-state index in [1.807, 2.05) is 36.4 Å². The van der Waals surface area contributed by atoms with Crippen molar-refractivity contribution in [1.29, 1.82) is 0 Å². The lowest BCUT2D eigenvalue weighted by atomic mass is 9.86. The molecule has 0 spiro atoms. The van der Waals surface area contributed by atoms with Gasteiger partial charge in [-0.05, 0) is 35.6 Å². The Morgan fingerprint density at radius 1 is 1.06 bits per heavy atom. The van der Waals surface area contributed by atoms with Crippen molar-refractivity contribution in [3.63, 3.8) is 0 Å². The number of carboxylic acid groups (broad SMARTS) is 1. The molecule has 2 aromatic carbocycles. The number of Topliss-reactive ketones (excluding diaryl/α,β-unsaturated/α-hetero) is 1. The Bertz CT molecular complexity index is 1230. The number of aromatic nitrogens is 3. The number of benzene rings is 2. The van der Waals surface area contributed by atoms with Gasteiger partial charge in [-0.3, -0.25) is 4.79 Å². The van der Waals surface area contributed by atoms with Gasteiger partial charge in [0.2, 0.25) is 11.6 Å². The summed E-state index contributed by atoms with van der Waals surface area (Å²) in [4.78, 5) is 29.0. The molecule has 4 rings (SSSR count). The van der Waals surface area contributed by atoms with Crippen LogP contribution in [0.4, 0.5) is 0 Å². The summed E-state index contributed by atoms with van der Waals surface area (Å²) >= 11 is 0. The summed E-state index contributed by atoms with van der Waals surface area (Å²) in [7, 11) is 0.